The lowest BCUT2D eigenvalue weighted by Gasteiger charge is -2.12. The van der Waals surface area contributed by atoms with Crippen molar-refractivity contribution in [2.45, 2.75) is 0 Å². The van der Waals surface area contributed by atoms with E-state index in [-0.39, 0.29) is 0 Å². The molecular formula is C36H22N2O. The third-order valence-electron chi connectivity index (χ3n) is 8.12. The quantitative estimate of drug-likeness (QED) is 0.253. The molecule has 0 radical (unpaired) electrons. The number of fused-ring (bicyclic) bond motifs is 10. The molecule has 0 spiro atoms. The number of rotatable bonds is 2. The number of hydrogen-bond acceptors (Lipinski definition) is 1. The Hall–Kier alpha value is -5.28. The number of aromatic amines is 1. The topological polar surface area (TPSA) is 33.9 Å². The van der Waals surface area contributed by atoms with Crippen LogP contribution in [0.1, 0.15) is 0 Å². The first-order valence-corrected chi connectivity index (χ1v) is 13.3. The molecule has 0 saturated carbocycles. The molecule has 0 unspecified atom stereocenters. The molecule has 0 saturated heterocycles. The van der Waals surface area contributed by atoms with E-state index in [2.05, 4.69) is 131 Å². The Morgan fingerprint density at radius 1 is 0.513 bits per heavy atom. The van der Waals surface area contributed by atoms with Gasteiger partial charge in [0.2, 0.25) is 0 Å². The zero-order valence-electron chi connectivity index (χ0n) is 21.0. The Bertz CT molecular complexity index is 2390. The summed E-state index contributed by atoms with van der Waals surface area (Å²) in [5, 5.41) is 7.15. The lowest BCUT2D eigenvalue weighted by atomic mass is 10.0. The van der Waals surface area contributed by atoms with Gasteiger partial charge >= 0.3 is 0 Å². The fourth-order valence-electron chi connectivity index (χ4n) is 6.39. The van der Waals surface area contributed by atoms with Crippen LogP contribution < -0.4 is 0 Å². The maximum atomic E-state index is 6.64. The normalized spacial score (nSPS) is 12.1. The number of nitrogens with zero attached hydrogens (tertiary/aromatic N) is 1. The van der Waals surface area contributed by atoms with E-state index in [1.807, 2.05) is 6.07 Å². The third-order valence-corrected chi connectivity index (χ3v) is 8.12. The summed E-state index contributed by atoms with van der Waals surface area (Å²) in [4.78, 5) is 3.76. The highest BCUT2D eigenvalue weighted by atomic mass is 16.3. The first kappa shape index (κ1) is 20.7. The van der Waals surface area contributed by atoms with Gasteiger partial charge in [0.15, 0.2) is 5.58 Å². The molecule has 1 N–H and O–H groups in total. The minimum absolute atomic E-state index is 0.895. The molecule has 0 fully saturated rings. The van der Waals surface area contributed by atoms with Crippen LogP contribution in [-0.2, 0) is 0 Å². The summed E-state index contributed by atoms with van der Waals surface area (Å²) in [6, 6.07) is 45.3. The molecule has 3 heterocycles. The fourth-order valence-corrected chi connectivity index (χ4v) is 6.39. The highest BCUT2D eigenvalue weighted by Crippen LogP contribution is 2.43. The molecule has 39 heavy (non-hydrogen) atoms. The van der Waals surface area contributed by atoms with E-state index in [4.69, 9.17) is 4.42 Å². The van der Waals surface area contributed by atoms with E-state index in [0.29, 0.717) is 0 Å². The lowest BCUT2D eigenvalue weighted by molar-refractivity contribution is 0.666. The van der Waals surface area contributed by atoms with E-state index >= 15 is 0 Å². The van der Waals surface area contributed by atoms with Gasteiger partial charge in [-0.3, -0.25) is 0 Å². The van der Waals surface area contributed by atoms with Crippen molar-refractivity contribution in [1.82, 2.24) is 9.55 Å². The van der Waals surface area contributed by atoms with Gasteiger partial charge in [-0.15, -0.1) is 0 Å². The Kier molecular flexibility index (Phi) is 4.05. The molecule has 0 bridgehead atoms. The molecule has 182 valence electrons. The van der Waals surface area contributed by atoms with Gasteiger partial charge in [-0.25, -0.2) is 0 Å². The highest BCUT2D eigenvalue weighted by Gasteiger charge is 2.21. The first-order valence-electron chi connectivity index (χ1n) is 13.3. The van der Waals surface area contributed by atoms with Gasteiger partial charge in [0.05, 0.1) is 22.2 Å². The Morgan fingerprint density at radius 3 is 2.13 bits per heavy atom. The summed E-state index contributed by atoms with van der Waals surface area (Å²) in [7, 11) is 0. The zero-order valence-corrected chi connectivity index (χ0v) is 21.0. The Morgan fingerprint density at radius 2 is 1.23 bits per heavy atom. The van der Waals surface area contributed by atoms with Crippen LogP contribution in [0, 0.1) is 0 Å². The van der Waals surface area contributed by atoms with E-state index in [1.165, 1.54) is 32.7 Å². The van der Waals surface area contributed by atoms with Crippen molar-refractivity contribution in [3.8, 4) is 16.8 Å². The molecule has 6 aromatic carbocycles. The summed E-state index contributed by atoms with van der Waals surface area (Å²) in [6.07, 6.45) is 0. The number of H-pyrrole nitrogens is 1. The molecule has 0 aliphatic rings. The average Bonchev–Trinajstić information content (AvgIpc) is 3.67. The van der Waals surface area contributed by atoms with Crippen molar-refractivity contribution >= 4 is 65.6 Å². The summed E-state index contributed by atoms with van der Waals surface area (Å²) >= 11 is 0. The standard InChI is InChI=1S/C36H22N2O/c1-2-10-22(11-3-1)23-20-29-26-14-6-9-17-33(26)39-36(29)32(21-23)38-31-16-8-5-13-25(31)28-19-18-27-24-12-4-7-15-30(24)37-34(27)35(28)38/h1-21,37H. The predicted molar refractivity (Wildman–Crippen MR) is 163 cm³/mol. The number of nitrogens with one attached hydrogen (secondary N) is 1. The molecule has 0 aliphatic carbocycles. The van der Waals surface area contributed by atoms with Gasteiger partial charge in [-0.1, -0.05) is 97.1 Å². The molecule has 3 nitrogen and oxygen atoms in total. The largest absolute Gasteiger partial charge is 0.454 e. The molecule has 3 aromatic heterocycles. The maximum Gasteiger partial charge on any atom is 0.159 e. The lowest BCUT2D eigenvalue weighted by Crippen LogP contribution is -1.96. The van der Waals surface area contributed by atoms with Crippen LogP contribution in [0.5, 0.6) is 0 Å². The number of hydrogen-bond donors (Lipinski definition) is 1. The predicted octanol–water partition coefficient (Wildman–Crippen LogP) is 9.98. The fraction of sp³-hybridized carbons (Fsp3) is 0. The van der Waals surface area contributed by atoms with E-state index in [0.717, 1.165) is 49.7 Å². The number of benzene rings is 6. The SMILES string of the molecule is c1ccc(-c2cc(-n3c4ccccc4c4ccc5c6ccccc6[nH]c5c43)c3oc4ccccc4c3c2)cc1. The van der Waals surface area contributed by atoms with Crippen molar-refractivity contribution in [1.29, 1.82) is 0 Å². The van der Waals surface area contributed by atoms with E-state index in [9.17, 15) is 0 Å². The van der Waals surface area contributed by atoms with Crippen LogP contribution in [0.25, 0.3) is 82.4 Å². The van der Waals surface area contributed by atoms with Crippen LogP contribution in [0.3, 0.4) is 0 Å². The van der Waals surface area contributed by atoms with Gasteiger partial charge in [0.1, 0.15) is 5.58 Å². The third kappa shape index (κ3) is 2.82. The molecular weight excluding hydrogens is 476 g/mol. The van der Waals surface area contributed by atoms with Crippen LogP contribution in [0.2, 0.25) is 0 Å². The molecule has 3 heteroatoms. The van der Waals surface area contributed by atoms with Gasteiger partial charge in [-0.2, -0.15) is 0 Å². The van der Waals surface area contributed by atoms with Crippen LogP contribution >= 0.6 is 0 Å². The van der Waals surface area contributed by atoms with E-state index in [1.54, 1.807) is 0 Å². The van der Waals surface area contributed by atoms with Crippen LogP contribution in [0.15, 0.2) is 132 Å². The summed E-state index contributed by atoms with van der Waals surface area (Å²) in [5.74, 6) is 0. The van der Waals surface area contributed by atoms with Gasteiger partial charge < -0.3 is 14.0 Å². The van der Waals surface area contributed by atoms with Crippen molar-refractivity contribution in [3.63, 3.8) is 0 Å². The van der Waals surface area contributed by atoms with Crippen LogP contribution in [-0.4, -0.2) is 9.55 Å². The molecule has 9 aromatic rings. The van der Waals surface area contributed by atoms with Crippen molar-refractivity contribution in [2.24, 2.45) is 0 Å². The summed E-state index contributed by atoms with van der Waals surface area (Å²) < 4.78 is 9.04. The Labute approximate surface area is 223 Å². The minimum atomic E-state index is 0.895. The second-order valence-corrected chi connectivity index (χ2v) is 10.2. The average molecular weight is 499 g/mol. The van der Waals surface area contributed by atoms with Gasteiger partial charge in [0.25, 0.3) is 0 Å². The van der Waals surface area contributed by atoms with E-state index < -0.39 is 0 Å². The Balaban J connectivity index is 1.52. The minimum Gasteiger partial charge on any atom is -0.454 e. The second-order valence-electron chi connectivity index (χ2n) is 10.2. The number of para-hydroxylation sites is 3. The van der Waals surface area contributed by atoms with Gasteiger partial charge in [0, 0.05) is 37.8 Å². The van der Waals surface area contributed by atoms with Crippen LogP contribution in [0.4, 0.5) is 0 Å². The smallest absolute Gasteiger partial charge is 0.159 e. The maximum absolute atomic E-state index is 6.64. The highest BCUT2D eigenvalue weighted by molar-refractivity contribution is 6.23. The molecule has 0 atom stereocenters. The van der Waals surface area contributed by atoms with Crippen molar-refractivity contribution in [3.05, 3.63) is 127 Å². The molecule has 9 rings (SSSR count). The number of aromatic nitrogens is 2. The number of furan rings is 1. The van der Waals surface area contributed by atoms with Crippen molar-refractivity contribution < 1.29 is 4.42 Å². The monoisotopic (exact) mass is 498 g/mol. The summed E-state index contributed by atoms with van der Waals surface area (Å²) in [6.45, 7) is 0. The van der Waals surface area contributed by atoms with Gasteiger partial charge in [-0.05, 0) is 41.5 Å². The van der Waals surface area contributed by atoms with Crippen molar-refractivity contribution in [2.75, 3.05) is 0 Å². The first-order chi connectivity index (χ1) is 19.3. The second kappa shape index (κ2) is 7.62. The molecule has 0 aliphatic heterocycles. The zero-order chi connectivity index (χ0) is 25.5. The summed E-state index contributed by atoms with van der Waals surface area (Å²) in [5.41, 5.74) is 9.79. The molecule has 0 amide bonds.